The van der Waals surface area contributed by atoms with E-state index >= 15 is 0 Å². The Kier molecular flexibility index (Phi) is 6.59. The average molecular weight is 401 g/mol. The van der Waals surface area contributed by atoms with Crippen molar-refractivity contribution in [2.75, 3.05) is 6.54 Å². The van der Waals surface area contributed by atoms with E-state index in [0.29, 0.717) is 18.7 Å². The topological polar surface area (TPSA) is 55.8 Å². The van der Waals surface area contributed by atoms with Crippen molar-refractivity contribution in [3.63, 3.8) is 0 Å². The first-order valence-corrected chi connectivity index (χ1v) is 9.21. The fourth-order valence-corrected chi connectivity index (χ4v) is 3.13. The smallest absolute Gasteiger partial charge is 0.387 e. The van der Waals surface area contributed by atoms with Crippen molar-refractivity contribution in [2.45, 2.75) is 32.6 Å². The van der Waals surface area contributed by atoms with Crippen LogP contribution < -0.4 is 4.74 Å². The number of nitrogens with zero attached hydrogens (tertiary/aromatic N) is 1. The lowest BCUT2D eigenvalue weighted by Crippen LogP contribution is -2.42. The molecule has 1 heterocycles. The number of benzene rings is 2. The van der Waals surface area contributed by atoms with E-state index in [1.165, 1.54) is 42.0 Å². The summed E-state index contributed by atoms with van der Waals surface area (Å²) >= 11 is 0. The van der Waals surface area contributed by atoms with Gasteiger partial charge in [-0.05, 0) is 48.2 Å². The van der Waals surface area contributed by atoms with Gasteiger partial charge in [0.1, 0.15) is 5.75 Å². The predicted molar refractivity (Wildman–Crippen MR) is 103 cm³/mol. The minimum Gasteiger partial charge on any atom is -0.449 e. The minimum atomic E-state index is -2.89. The molecule has 152 valence electrons. The summed E-state index contributed by atoms with van der Waals surface area (Å²) in [4.78, 5) is 26.3. The molecule has 0 spiro atoms. The highest BCUT2D eigenvalue weighted by Crippen LogP contribution is 2.20. The first-order chi connectivity index (χ1) is 13.9. The Morgan fingerprint density at radius 1 is 1.07 bits per heavy atom. The van der Waals surface area contributed by atoms with Crippen LogP contribution >= 0.6 is 0 Å². The van der Waals surface area contributed by atoms with Gasteiger partial charge >= 0.3 is 12.6 Å². The molecular formula is C22H21F2NO4. The zero-order valence-corrected chi connectivity index (χ0v) is 15.9. The summed E-state index contributed by atoms with van der Waals surface area (Å²) in [7, 11) is 0. The maximum atomic E-state index is 12.6. The molecule has 1 aliphatic heterocycles. The third kappa shape index (κ3) is 5.63. The Labute approximate surface area is 167 Å². The highest BCUT2D eigenvalue weighted by atomic mass is 19.3. The SMILES string of the molecule is C[C@@H](OC(=O)/C=C/c1ccc(OC(F)F)cc1)C(=O)N1CCc2ccccc2C1. The van der Waals surface area contributed by atoms with Gasteiger partial charge in [-0.15, -0.1) is 0 Å². The molecule has 0 fully saturated rings. The molecule has 1 amide bonds. The first-order valence-electron chi connectivity index (χ1n) is 9.21. The van der Waals surface area contributed by atoms with E-state index in [0.717, 1.165) is 12.0 Å². The van der Waals surface area contributed by atoms with Crippen molar-refractivity contribution < 1.29 is 27.8 Å². The molecule has 0 N–H and O–H groups in total. The molecule has 0 aliphatic carbocycles. The minimum absolute atomic E-state index is 0.0297. The summed E-state index contributed by atoms with van der Waals surface area (Å²) in [5.41, 5.74) is 2.94. The number of carbonyl (C=O) groups excluding carboxylic acids is 2. The standard InChI is InChI=1S/C22H21F2NO4/c1-15(21(27)25-13-12-17-4-2-3-5-18(17)14-25)28-20(26)11-8-16-6-9-19(10-7-16)29-22(23)24/h2-11,15,22H,12-14H2,1H3/b11-8+/t15-/m1/s1. The van der Waals surface area contributed by atoms with E-state index < -0.39 is 18.7 Å². The summed E-state index contributed by atoms with van der Waals surface area (Å²) in [5.74, 6) is -0.868. The molecular weight excluding hydrogens is 380 g/mol. The Morgan fingerprint density at radius 2 is 1.76 bits per heavy atom. The quantitative estimate of drug-likeness (QED) is 0.546. The highest BCUT2D eigenvalue weighted by molar-refractivity contribution is 5.90. The first kappa shape index (κ1) is 20.5. The van der Waals surface area contributed by atoms with Crippen LogP contribution in [-0.2, 0) is 27.3 Å². The van der Waals surface area contributed by atoms with E-state index in [1.807, 2.05) is 18.2 Å². The number of amides is 1. The van der Waals surface area contributed by atoms with Crippen LogP contribution in [0.1, 0.15) is 23.6 Å². The molecule has 1 aliphatic rings. The van der Waals surface area contributed by atoms with Crippen molar-refractivity contribution in [1.82, 2.24) is 4.90 Å². The predicted octanol–water partition coefficient (Wildman–Crippen LogP) is 3.82. The number of rotatable bonds is 6. The second-order valence-electron chi connectivity index (χ2n) is 6.64. The van der Waals surface area contributed by atoms with E-state index in [4.69, 9.17) is 4.74 Å². The molecule has 0 unspecified atom stereocenters. The van der Waals surface area contributed by atoms with Crippen LogP contribution in [0.2, 0.25) is 0 Å². The van der Waals surface area contributed by atoms with E-state index in [1.54, 1.807) is 11.8 Å². The second kappa shape index (κ2) is 9.32. The molecule has 5 nitrogen and oxygen atoms in total. The zero-order chi connectivity index (χ0) is 20.8. The molecule has 3 rings (SSSR count). The van der Waals surface area contributed by atoms with E-state index in [2.05, 4.69) is 10.8 Å². The lowest BCUT2D eigenvalue weighted by molar-refractivity contribution is -0.155. The van der Waals surface area contributed by atoms with Gasteiger partial charge < -0.3 is 14.4 Å². The number of ether oxygens (including phenoxy) is 2. The maximum Gasteiger partial charge on any atom is 0.387 e. The van der Waals surface area contributed by atoms with Crippen LogP contribution in [0.3, 0.4) is 0 Å². The largest absolute Gasteiger partial charge is 0.449 e. The molecule has 1 atom stereocenters. The Morgan fingerprint density at radius 3 is 2.45 bits per heavy atom. The maximum absolute atomic E-state index is 12.6. The Hall–Kier alpha value is -3.22. The molecule has 0 aromatic heterocycles. The van der Waals surface area contributed by atoms with Crippen LogP contribution in [0.25, 0.3) is 6.08 Å². The summed E-state index contributed by atoms with van der Waals surface area (Å²) in [6, 6.07) is 13.8. The summed E-state index contributed by atoms with van der Waals surface area (Å²) < 4.78 is 33.8. The van der Waals surface area contributed by atoms with Gasteiger partial charge in [-0.25, -0.2) is 4.79 Å². The number of carbonyl (C=O) groups is 2. The lowest BCUT2D eigenvalue weighted by Gasteiger charge is -2.30. The number of fused-ring (bicyclic) bond motifs is 1. The Balaban J connectivity index is 1.52. The molecule has 0 bridgehead atoms. The molecule has 0 saturated heterocycles. The van der Waals surface area contributed by atoms with E-state index in [-0.39, 0.29) is 11.7 Å². The monoisotopic (exact) mass is 401 g/mol. The number of hydrogen-bond acceptors (Lipinski definition) is 4. The number of hydrogen-bond donors (Lipinski definition) is 0. The van der Waals surface area contributed by atoms with Crippen molar-refractivity contribution in [1.29, 1.82) is 0 Å². The van der Waals surface area contributed by atoms with Crippen molar-refractivity contribution in [3.8, 4) is 5.75 Å². The van der Waals surface area contributed by atoms with Crippen LogP contribution in [-0.4, -0.2) is 36.0 Å². The van der Waals surface area contributed by atoms with Crippen molar-refractivity contribution in [2.24, 2.45) is 0 Å². The number of esters is 1. The Bertz CT molecular complexity index is 896. The van der Waals surface area contributed by atoms with Gasteiger partial charge in [0.2, 0.25) is 0 Å². The van der Waals surface area contributed by atoms with Gasteiger partial charge in [-0.2, -0.15) is 8.78 Å². The van der Waals surface area contributed by atoms with Gasteiger partial charge in [-0.1, -0.05) is 36.4 Å². The third-order valence-electron chi connectivity index (χ3n) is 4.60. The molecule has 0 radical (unpaired) electrons. The highest BCUT2D eigenvalue weighted by Gasteiger charge is 2.26. The van der Waals surface area contributed by atoms with Gasteiger partial charge in [0, 0.05) is 19.2 Å². The van der Waals surface area contributed by atoms with Crippen molar-refractivity contribution >= 4 is 18.0 Å². The van der Waals surface area contributed by atoms with Gasteiger partial charge in [0.25, 0.3) is 5.91 Å². The number of halogens is 2. The molecule has 7 heteroatoms. The van der Waals surface area contributed by atoms with Gasteiger partial charge in [0.05, 0.1) is 0 Å². The summed E-state index contributed by atoms with van der Waals surface area (Å²) in [6.07, 6.45) is 2.54. The lowest BCUT2D eigenvalue weighted by atomic mass is 9.99. The second-order valence-corrected chi connectivity index (χ2v) is 6.64. The van der Waals surface area contributed by atoms with Crippen LogP contribution in [0.4, 0.5) is 8.78 Å². The zero-order valence-electron chi connectivity index (χ0n) is 15.9. The van der Waals surface area contributed by atoms with Gasteiger partial charge in [-0.3, -0.25) is 4.79 Å². The summed E-state index contributed by atoms with van der Waals surface area (Å²) in [5, 5.41) is 0. The van der Waals surface area contributed by atoms with Gasteiger partial charge in [0.15, 0.2) is 6.10 Å². The van der Waals surface area contributed by atoms with E-state index in [9.17, 15) is 18.4 Å². The third-order valence-corrected chi connectivity index (χ3v) is 4.60. The van der Waals surface area contributed by atoms with Crippen LogP contribution in [0.5, 0.6) is 5.75 Å². The molecule has 2 aromatic carbocycles. The number of alkyl halides is 2. The molecule has 0 saturated carbocycles. The molecule has 29 heavy (non-hydrogen) atoms. The summed E-state index contributed by atoms with van der Waals surface area (Å²) in [6.45, 7) is -0.260. The fourth-order valence-electron chi connectivity index (χ4n) is 3.13. The average Bonchev–Trinajstić information content (AvgIpc) is 2.72. The fraction of sp³-hybridized carbons (Fsp3) is 0.273. The van der Waals surface area contributed by atoms with Crippen LogP contribution in [0, 0.1) is 0 Å². The normalized spacial score (nSPS) is 14.6. The van der Waals surface area contributed by atoms with Crippen molar-refractivity contribution in [3.05, 3.63) is 71.3 Å². The molecule has 2 aromatic rings. The van der Waals surface area contributed by atoms with Crippen LogP contribution in [0.15, 0.2) is 54.6 Å².